The summed E-state index contributed by atoms with van der Waals surface area (Å²) in [5.74, 6) is -0.529. The standard InChI is InChI=1S/C20H18N4O3/c1-13-6-3-4-9-16(13)23-18(25)17-10-11-21-20(24-17)22-15-8-5-7-14(12-15)19(26)27-2/h3-12H,1-2H3,(H,23,25)(H,21,22,24). The molecule has 0 aliphatic heterocycles. The first kappa shape index (κ1) is 18.1. The monoisotopic (exact) mass is 362 g/mol. The number of carbonyl (C=O) groups excluding carboxylic acids is 2. The number of anilines is 3. The molecule has 0 aliphatic rings. The van der Waals surface area contributed by atoms with Gasteiger partial charge in [0, 0.05) is 17.6 Å². The number of carbonyl (C=O) groups is 2. The van der Waals surface area contributed by atoms with Gasteiger partial charge in [0.2, 0.25) is 5.95 Å². The minimum Gasteiger partial charge on any atom is -0.465 e. The van der Waals surface area contributed by atoms with Gasteiger partial charge in [-0.2, -0.15) is 0 Å². The maximum absolute atomic E-state index is 12.5. The smallest absolute Gasteiger partial charge is 0.337 e. The molecule has 0 radical (unpaired) electrons. The van der Waals surface area contributed by atoms with Gasteiger partial charge in [-0.05, 0) is 42.8 Å². The van der Waals surface area contributed by atoms with Crippen molar-refractivity contribution >= 4 is 29.2 Å². The van der Waals surface area contributed by atoms with Crippen LogP contribution >= 0.6 is 0 Å². The SMILES string of the molecule is COC(=O)c1cccc(Nc2nccc(C(=O)Nc3ccccc3C)n2)c1. The Morgan fingerprint density at radius 2 is 1.85 bits per heavy atom. The lowest BCUT2D eigenvalue weighted by Crippen LogP contribution is -2.15. The van der Waals surface area contributed by atoms with Crippen LogP contribution in [-0.4, -0.2) is 29.0 Å². The number of aryl methyl sites for hydroxylation is 1. The van der Waals surface area contributed by atoms with Gasteiger partial charge in [0.25, 0.3) is 5.91 Å². The highest BCUT2D eigenvalue weighted by Crippen LogP contribution is 2.17. The average Bonchev–Trinajstić information content (AvgIpc) is 2.69. The van der Waals surface area contributed by atoms with Crippen molar-refractivity contribution in [2.75, 3.05) is 17.7 Å². The minimum atomic E-state index is -0.439. The fourth-order valence-electron chi connectivity index (χ4n) is 2.42. The first-order valence-electron chi connectivity index (χ1n) is 8.22. The van der Waals surface area contributed by atoms with Gasteiger partial charge in [0.1, 0.15) is 5.69 Å². The van der Waals surface area contributed by atoms with Crippen LogP contribution in [0.3, 0.4) is 0 Å². The number of nitrogens with zero attached hydrogens (tertiary/aromatic N) is 2. The molecule has 0 spiro atoms. The summed E-state index contributed by atoms with van der Waals surface area (Å²) in [5.41, 5.74) is 2.91. The van der Waals surface area contributed by atoms with Crippen LogP contribution < -0.4 is 10.6 Å². The normalized spacial score (nSPS) is 10.1. The lowest BCUT2D eigenvalue weighted by atomic mass is 10.2. The maximum atomic E-state index is 12.5. The van der Waals surface area contributed by atoms with Gasteiger partial charge >= 0.3 is 5.97 Å². The molecule has 1 aromatic heterocycles. The van der Waals surface area contributed by atoms with Gasteiger partial charge in [-0.3, -0.25) is 4.79 Å². The zero-order valence-electron chi connectivity index (χ0n) is 14.9. The van der Waals surface area contributed by atoms with Crippen molar-refractivity contribution in [2.24, 2.45) is 0 Å². The molecular weight excluding hydrogens is 344 g/mol. The second-order valence-corrected chi connectivity index (χ2v) is 5.73. The zero-order valence-corrected chi connectivity index (χ0v) is 14.9. The fourth-order valence-corrected chi connectivity index (χ4v) is 2.42. The Balaban J connectivity index is 1.77. The van der Waals surface area contributed by atoms with Crippen LogP contribution in [0.1, 0.15) is 26.4 Å². The summed E-state index contributed by atoms with van der Waals surface area (Å²) < 4.78 is 4.71. The van der Waals surface area contributed by atoms with Crippen molar-refractivity contribution in [3.05, 3.63) is 77.6 Å². The van der Waals surface area contributed by atoms with Gasteiger partial charge < -0.3 is 15.4 Å². The number of para-hydroxylation sites is 1. The van der Waals surface area contributed by atoms with Crippen molar-refractivity contribution in [2.45, 2.75) is 6.92 Å². The molecule has 0 aliphatic carbocycles. The van der Waals surface area contributed by atoms with Crippen LogP contribution in [0.15, 0.2) is 60.8 Å². The zero-order chi connectivity index (χ0) is 19.2. The third kappa shape index (κ3) is 4.46. The number of hydrogen-bond donors (Lipinski definition) is 2. The van der Waals surface area contributed by atoms with Crippen molar-refractivity contribution in [1.29, 1.82) is 0 Å². The molecule has 1 amide bonds. The summed E-state index contributed by atoms with van der Waals surface area (Å²) >= 11 is 0. The fraction of sp³-hybridized carbons (Fsp3) is 0.100. The Morgan fingerprint density at radius 3 is 2.63 bits per heavy atom. The summed E-state index contributed by atoms with van der Waals surface area (Å²) in [5, 5.41) is 5.81. The van der Waals surface area contributed by atoms with Crippen molar-refractivity contribution in [3.8, 4) is 0 Å². The summed E-state index contributed by atoms with van der Waals surface area (Å²) in [6.07, 6.45) is 1.49. The summed E-state index contributed by atoms with van der Waals surface area (Å²) in [6, 6.07) is 15.8. The molecule has 0 fully saturated rings. The number of esters is 1. The van der Waals surface area contributed by atoms with E-state index in [1.54, 1.807) is 24.3 Å². The molecule has 0 saturated heterocycles. The van der Waals surface area contributed by atoms with Crippen molar-refractivity contribution in [1.82, 2.24) is 9.97 Å². The molecule has 0 atom stereocenters. The van der Waals surface area contributed by atoms with E-state index in [2.05, 4.69) is 20.6 Å². The van der Waals surface area contributed by atoms with Gasteiger partial charge in [-0.25, -0.2) is 14.8 Å². The highest BCUT2D eigenvalue weighted by atomic mass is 16.5. The van der Waals surface area contributed by atoms with Crippen LogP contribution in [0.5, 0.6) is 0 Å². The second kappa shape index (κ2) is 8.09. The lowest BCUT2D eigenvalue weighted by Gasteiger charge is -2.09. The van der Waals surface area contributed by atoms with Crippen LogP contribution in [-0.2, 0) is 4.74 Å². The van der Waals surface area contributed by atoms with E-state index in [9.17, 15) is 9.59 Å². The van der Waals surface area contributed by atoms with E-state index in [0.717, 1.165) is 11.3 Å². The number of aromatic nitrogens is 2. The highest BCUT2D eigenvalue weighted by molar-refractivity contribution is 6.03. The number of amides is 1. The predicted octanol–water partition coefficient (Wildman–Crippen LogP) is 3.57. The molecule has 7 heteroatoms. The van der Waals surface area contributed by atoms with E-state index < -0.39 is 5.97 Å². The molecule has 27 heavy (non-hydrogen) atoms. The second-order valence-electron chi connectivity index (χ2n) is 5.73. The largest absolute Gasteiger partial charge is 0.465 e. The third-order valence-electron chi connectivity index (χ3n) is 3.82. The molecule has 3 aromatic rings. The van der Waals surface area contributed by atoms with Gasteiger partial charge in [0.05, 0.1) is 12.7 Å². The first-order chi connectivity index (χ1) is 13.1. The Labute approximate surface area is 156 Å². The number of nitrogens with one attached hydrogen (secondary N) is 2. The van der Waals surface area contributed by atoms with Gasteiger partial charge in [0.15, 0.2) is 0 Å². The average molecular weight is 362 g/mol. The third-order valence-corrected chi connectivity index (χ3v) is 3.82. The molecule has 2 aromatic carbocycles. The molecule has 3 rings (SSSR count). The van der Waals surface area contributed by atoms with Crippen LogP contribution in [0, 0.1) is 6.92 Å². The van der Waals surface area contributed by atoms with E-state index in [0.29, 0.717) is 11.3 Å². The molecule has 2 N–H and O–H groups in total. The minimum absolute atomic E-state index is 0.222. The number of benzene rings is 2. The predicted molar refractivity (Wildman–Crippen MR) is 102 cm³/mol. The number of ether oxygens (including phenoxy) is 1. The molecule has 0 bridgehead atoms. The first-order valence-corrected chi connectivity index (χ1v) is 8.22. The molecule has 136 valence electrons. The molecular formula is C20H18N4O3. The Kier molecular flexibility index (Phi) is 5.41. The van der Waals surface area contributed by atoms with Crippen LogP contribution in [0.25, 0.3) is 0 Å². The van der Waals surface area contributed by atoms with E-state index in [4.69, 9.17) is 4.74 Å². The molecule has 0 saturated carbocycles. The van der Waals surface area contributed by atoms with Gasteiger partial charge in [-0.1, -0.05) is 24.3 Å². The maximum Gasteiger partial charge on any atom is 0.337 e. The number of hydrogen-bond acceptors (Lipinski definition) is 6. The summed E-state index contributed by atoms with van der Waals surface area (Å²) in [4.78, 5) is 32.4. The number of rotatable bonds is 5. The molecule has 7 nitrogen and oxygen atoms in total. The summed E-state index contributed by atoms with van der Waals surface area (Å²) in [7, 11) is 1.32. The molecule has 0 unspecified atom stereocenters. The van der Waals surface area contributed by atoms with Crippen molar-refractivity contribution < 1.29 is 14.3 Å². The Morgan fingerprint density at radius 1 is 1.04 bits per heavy atom. The van der Waals surface area contributed by atoms with Gasteiger partial charge in [-0.15, -0.1) is 0 Å². The van der Waals surface area contributed by atoms with E-state index >= 15 is 0 Å². The topological polar surface area (TPSA) is 93.2 Å². The van der Waals surface area contributed by atoms with E-state index in [1.165, 1.54) is 19.4 Å². The Hall–Kier alpha value is -3.74. The van der Waals surface area contributed by atoms with Crippen molar-refractivity contribution in [3.63, 3.8) is 0 Å². The van der Waals surface area contributed by atoms with E-state index in [-0.39, 0.29) is 17.5 Å². The van der Waals surface area contributed by atoms with Crippen LogP contribution in [0.4, 0.5) is 17.3 Å². The Bertz CT molecular complexity index is 988. The number of methoxy groups -OCH3 is 1. The lowest BCUT2D eigenvalue weighted by molar-refractivity contribution is 0.0600. The highest BCUT2D eigenvalue weighted by Gasteiger charge is 2.11. The quantitative estimate of drug-likeness (QED) is 0.674. The van der Waals surface area contributed by atoms with Crippen LogP contribution in [0.2, 0.25) is 0 Å². The summed E-state index contributed by atoms with van der Waals surface area (Å²) in [6.45, 7) is 1.91. The molecule has 1 heterocycles. The van der Waals surface area contributed by atoms with E-state index in [1.807, 2.05) is 31.2 Å².